The van der Waals surface area contributed by atoms with Crippen molar-refractivity contribution >= 4 is 10.0 Å². The van der Waals surface area contributed by atoms with Crippen molar-refractivity contribution in [1.29, 1.82) is 0 Å². The number of sulfonamides is 1. The molecule has 1 aromatic carbocycles. The molecule has 0 spiro atoms. The third kappa shape index (κ3) is 5.20. The van der Waals surface area contributed by atoms with Gasteiger partial charge in [0.05, 0.1) is 10.5 Å². The van der Waals surface area contributed by atoms with Crippen molar-refractivity contribution in [1.82, 2.24) is 9.62 Å². The molecule has 0 bridgehead atoms. The van der Waals surface area contributed by atoms with Crippen molar-refractivity contribution in [2.45, 2.75) is 31.3 Å². The molecule has 0 aliphatic rings. The Morgan fingerprint density at radius 1 is 1.20 bits per heavy atom. The molecule has 2 N–H and O–H groups in total. The number of likely N-dealkylation sites (N-methyl/N-ethyl adjacent to an activating group) is 1. The number of aliphatic hydroxyl groups is 1. The van der Waals surface area contributed by atoms with Crippen LogP contribution >= 0.6 is 0 Å². The highest BCUT2D eigenvalue weighted by atomic mass is 32.2. The Hall–Kier alpha value is -0.950. The second-order valence-corrected chi connectivity index (χ2v) is 7.65. The van der Waals surface area contributed by atoms with Gasteiger partial charge in [-0.05, 0) is 58.1 Å². The van der Waals surface area contributed by atoms with Crippen LogP contribution in [-0.4, -0.2) is 51.2 Å². The Morgan fingerprint density at radius 2 is 1.70 bits per heavy atom. The van der Waals surface area contributed by atoms with Crippen LogP contribution < -0.4 is 4.72 Å². The molecule has 0 heterocycles. The van der Waals surface area contributed by atoms with Gasteiger partial charge in [0.25, 0.3) is 0 Å². The number of aryl methyl sites for hydroxylation is 2. The van der Waals surface area contributed by atoms with Crippen LogP contribution in [0.4, 0.5) is 0 Å². The van der Waals surface area contributed by atoms with E-state index in [1.807, 2.05) is 38.9 Å². The minimum absolute atomic E-state index is 0.0273. The van der Waals surface area contributed by atoms with Gasteiger partial charge in [-0.25, -0.2) is 13.1 Å². The standard InChI is InChI=1S/C14H24N2O3S/c1-11-6-12(2)8-13(7-11)20(18,19)15-9-14(3,17)10-16(4)5/h6-8,15,17H,9-10H2,1-5H3. The molecule has 20 heavy (non-hydrogen) atoms. The third-order valence-electron chi connectivity index (χ3n) is 2.81. The van der Waals surface area contributed by atoms with Crippen LogP contribution in [-0.2, 0) is 10.0 Å². The van der Waals surface area contributed by atoms with Gasteiger partial charge >= 0.3 is 0 Å². The largest absolute Gasteiger partial charge is 0.387 e. The first kappa shape index (κ1) is 17.1. The Kier molecular flexibility index (Phi) is 5.32. The number of hydrogen-bond donors (Lipinski definition) is 2. The van der Waals surface area contributed by atoms with Gasteiger partial charge in [0.1, 0.15) is 0 Å². The quantitative estimate of drug-likeness (QED) is 0.819. The fourth-order valence-corrected chi connectivity index (χ4v) is 3.51. The first-order chi connectivity index (χ1) is 9.02. The number of nitrogens with zero attached hydrogens (tertiary/aromatic N) is 1. The Labute approximate surface area is 121 Å². The summed E-state index contributed by atoms with van der Waals surface area (Å²) in [4.78, 5) is 2.04. The molecule has 1 atom stereocenters. The maximum Gasteiger partial charge on any atom is 0.240 e. The monoisotopic (exact) mass is 300 g/mol. The minimum atomic E-state index is -3.60. The number of nitrogens with one attached hydrogen (secondary N) is 1. The predicted octanol–water partition coefficient (Wildman–Crippen LogP) is 0.894. The van der Waals surface area contributed by atoms with Crippen molar-refractivity contribution in [2.24, 2.45) is 0 Å². The normalized spacial score (nSPS) is 15.3. The fourth-order valence-electron chi connectivity index (χ4n) is 2.16. The molecule has 0 radical (unpaired) electrons. The van der Waals surface area contributed by atoms with E-state index < -0.39 is 15.6 Å². The topological polar surface area (TPSA) is 69.6 Å². The van der Waals surface area contributed by atoms with E-state index in [2.05, 4.69) is 4.72 Å². The van der Waals surface area contributed by atoms with Crippen molar-refractivity contribution in [3.05, 3.63) is 29.3 Å². The van der Waals surface area contributed by atoms with Crippen LogP contribution in [0, 0.1) is 13.8 Å². The summed E-state index contributed by atoms with van der Waals surface area (Å²) < 4.78 is 26.9. The SMILES string of the molecule is Cc1cc(C)cc(S(=O)(=O)NCC(C)(O)CN(C)C)c1. The van der Waals surface area contributed by atoms with Gasteiger partial charge in [-0.15, -0.1) is 0 Å². The lowest BCUT2D eigenvalue weighted by atomic mass is 10.1. The van der Waals surface area contributed by atoms with Crippen molar-refractivity contribution in [2.75, 3.05) is 27.2 Å². The van der Waals surface area contributed by atoms with Gasteiger partial charge < -0.3 is 10.0 Å². The summed E-state index contributed by atoms with van der Waals surface area (Å²) >= 11 is 0. The van der Waals surface area contributed by atoms with Crippen molar-refractivity contribution < 1.29 is 13.5 Å². The highest BCUT2D eigenvalue weighted by Crippen LogP contribution is 2.15. The smallest absolute Gasteiger partial charge is 0.240 e. The lowest BCUT2D eigenvalue weighted by molar-refractivity contribution is 0.0386. The average molecular weight is 300 g/mol. The highest BCUT2D eigenvalue weighted by molar-refractivity contribution is 7.89. The van der Waals surface area contributed by atoms with E-state index in [-0.39, 0.29) is 11.4 Å². The van der Waals surface area contributed by atoms with Crippen molar-refractivity contribution in [3.63, 3.8) is 0 Å². The maximum atomic E-state index is 12.2. The summed E-state index contributed by atoms with van der Waals surface area (Å²) in [6.45, 7) is 5.67. The Bertz CT molecular complexity index is 546. The molecule has 5 nitrogen and oxygen atoms in total. The summed E-state index contributed by atoms with van der Waals surface area (Å²) in [6.07, 6.45) is 0. The molecule has 0 saturated heterocycles. The second-order valence-electron chi connectivity index (χ2n) is 5.88. The molecule has 0 amide bonds. The molecule has 114 valence electrons. The van der Waals surface area contributed by atoms with E-state index >= 15 is 0 Å². The molecule has 0 fully saturated rings. The van der Waals surface area contributed by atoms with E-state index in [0.717, 1.165) is 11.1 Å². The second kappa shape index (κ2) is 6.22. The van der Waals surface area contributed by atoms with Gasteiger partial charge in [0, 0.05) is 13.1 Å². The van der Waals surface area contributed by atoms with Crippen molar-refractivity contribution in [3.8, 4) is 0 Å². The minimum Gasteiger partial charge on any atom is -0.387 e. The first-order valence-corrected chi connectivity index (χ1v) is 7.95. The van der Waals surface area contributed by atoms with Crippen LogP contribution in [0.2, 0.25) is 0 Å². The first-order valence-electron chi connectivity index (χ1n) is 6.47. The zero-order valence-corrected chi connectivity index (χ0v) is 13.6. The van der Waals surface area contributed by atoms with E-state index in [1.54, 1.807) is 19.1 Å². The molecular weight excluding hydrogens is 276 g/mol. The van der Waals surface area contributed by atoms with E-state index in [4.69, 9.17) is 0 Å². The third-order valence-corrected chi connectivity index (χ3v) is 4.19. The lowest BCUT2D eigenvalue weighted by Gasteiger charge is -2.27. The lowest BCUT2D eigenvalue weighted by Crippen LogP contribution is -2.47. The van der Waals surface area contributed by atoms with E-state index in [9.17, 15) is 13.5 Å². The van der Waals surface area contributed by atoms with Gasteiger partial charge in [0.15, 0.2) is 0 Å². The molecule has 0 saturated carbocycles. The van der Waals surface area contributed by atoms with Gasteiger partial charge in [0.2, 0.25) is 10.0 Å². The molecule has 0 aliphatic heterocycles. The summed E-state index contributed by atoms with van der Waals surface area (Å²) in [5.41, 5.74) is 0.672. The maximum absolute atomic E-state index is 12.2. The molecule has 0 aromatic heterocycles. The summed E-state index contributed by atoms with van der Waals surface area (Å²) in [6, 6.07) is 5.16. The number of rotatable bonds is 6. The number of benzene rings is 1. The highest BCUT2D eigenvalue weighted by Gasteiger charge is 2.25. The average Bonchev–Trinajstić information content (AvgIpc) is 2.23. The van der Waals surface area contributed by atoms with Crippen LogP contribution in [0.1, 0.15) is 18.1 Å². The van der Waals surface area contributed by atoms with Crippen LogP contribution in [0.25, 0.3) is 0 Å². The molecule has 1 rings (SSSR count). The van der Waals surface area contributed by atoms with Gasteiger partial charge in [-0.3, -0.25) is 0 Å². The van der Waals surface area contributed by atoms with Gasteiger partial charge in [-0.1, -0.05) is 6.07 Å². The Morgan fingerprint density at radius 3 is 2.15 bits per heavy atom. The molecule has 6 heteroatoms. The predicted molar refractivity (Wildman–Crippen MR) is 80.3 cm³/mol. The number of hydrogen-bond acceptors (Lipinski definition) is 4. The van der Waals surface area contributed by atoms with Gasteiger partial charge in [-0.2, -0.15) is 0 Å². The molecule has 1 aromatic rings. The summed E-state index contributed by atoms with van der Waals surface area (Å²) in [5, 5.41) is 10.1. The van der Waals surface area contributed by atoms with E-state index in [0.29, 0.717) is 6.54 Å². The van der Waals surface area contributed by atoms with E-state index in [1.165, 1.54) is 0 Å². The van der Waals surface area contributed by atoms with Crippen LogP contribution in [0.5, 0.6) is 0 Å². The Balaban J connectivity index is 2.85. The molecular formula is C14H24N2O3S. The van der Waals surface area contributed by atoms with Crippen LogP contribution in [0.3, 0.4) is 0 Å². The molecule has 0 aliphatic carbocycles. The summed E-state index contributed by atoms with van der Waals surface area (Å²) in [7, 11) is 0.0498. The molecule has 1 unspecified atom stereocenters. The van der Waals surface area contributed by atoms with Crippen LogP contribution in [0.15, 0.2) is 23.1 Å². The summed E-state index contributed by atoms with van der Waals surface area (Å²) in [5.74, 6) is 0. The fraction of sp³-hybridized carbons (Fsp3) is 0.571. The zero-order chi connectivity index (χ0) is 15.6. The zero-order valence-electron chi connectivity index (χ0n) is 12.8.